The maximum Gasteiger partial charge on any atom is 0.264 e. The Kier molecular flexibility index (Phi) is 10.6. The summed E-state index contributed by atoms with van der Waals surface area (Å²) in [5.74, 6) is -0.822. The largest absolute Gasteiger partial charge is 0.352 e. The zero-order valence-corrected chi connectivity index (χ0v) is 26.5. The molecule has 3 aromatic rings. The maximum atomic E-state index is 14.2. The average Bonchev–Trinajstić information content (AvgIpc) is 2.97. The van der Waals surface area contributed by atoms with Crippen LogP contribution in [0.25, 0.3) is 0 Å². The molecule has 2 amide bonds. The van der Waals surface area contributed by atoms with Crippen LogP contribution in [0.3, 0.4) is 0 Å². The highest BCUT2D eigenvalue weighted by Crippen LogP contribution is 2.30. The Morgan fingerprint density at radius 2 is 1.64 bits per heavy atom. The van der Waals surface area contributed by atoms with Gasteiger partial charge >= 0.3 is 0 Å². The van der Waals surface area contributed by atoms with E-state index in [1.54, 1.807) is 55.5 Å². The minimum Gasteiger partial charge on any atom is -0.352 e. The molecule has 0 radical (unpaired) electrons. The molecular weight excluding hydrogens is 593 g/mol. The van der Waals surface area contributed by atoms with E-state index in [9.17, 15) is 18.0 Å². The summed E-state index contributed by atoms with van der Waals surface area (Å²) in [4.78, 5) is 29.1. The summed E-state index contributed by atoms with van der Waals surface area (Å²) in [7, 11) is -4.14. The van der Waals surface area contributed by atoms with Crippen LogP contribution in [0.4, 0.5) is 5.69 Å². The predicted octanol–water partition coefficient (Wildman–Crippen LogP) is 6.67. The van der Waals surface area contributed by atoms with E-state index < -0.39 is 28.5 Å². The summed E-state index contributed by atoms with van der Waals surface area (Å²) in [6.45, 7) is 4.87. The van der Waals surface area contributed by atoms with Crippen molar-refractivity contribution in [1.82, 2.24) is 10.2 Å². The molecule has 1 aliphatic carbocycles. The summed E-state index contributed by atoms with van der Waals surface area (Å²) >= 11 is 12.6. The third-order valence-electron chi connectivity index (χ3n) is 7.93. The molecule has 0 heterocycles. The van der Waals surface area contributed by atoms with E-state index in [2.05, 4.69) is 5.32 Å². The second kappa shape index (κ2) is 13.9. The van der Waals surface area contributed by atoms with Crippen molar-refractivity contribution >= 4 is 50.7 Å². The summed E-state index contributed by atoms with van der Waals surface area (Å²) in [6, 6.07) is 17.5. The van der Waals surface area contributed by atoms with E-state index >= 15 is 0 Å². The SMILES string of the molecule is Cc1cccc(N(CC(=O)N(Cc2ccc(Cl)cc2Cl)[C@H](C)C(=O)NC2CCCCC2)S(=O)(=O)c2ccccc2)c1C. The van der Waals surface area contributed by atoms with Crippen LogP contribution in [0.5, 0.6) is 0 Å². The molecule has 1 aliphatic rings. The number of carbonyl (C=O) groups is 2. The Hall–Kier alpha value is -3.07. The molecule has 0 spiro atoms. The quantitative estimate of drug-likeness (QED) is 0.271. The van der Waals surface area contributed by atoms with Gasteiger partial charge in [0.25, 0.3) is 10.0 Å². The maximum absolute atomic E-state index is 14.2. The molecule has 0 aliphatic heterocycles. The van der Waals surface area contributed by atoms with Crippen molar-refractivity contribution < 1.29 is 18.0 Å². The minimum atomic E-state index is -4.14. The van der Waals surface area contributed by atoms with Gasteiger partial charge < -0.3 is 10.2 Å². The monoisotopic (exact) mass is 629 g/mol. The standard InChI is InChI=1S/C32H37Cl2N3O4S/c1-22-11-10-16-30(23(22)2)37(42(40,41)28-14-8-5-9-15-28)21-31(38)36(20-25-17-18-26(33)19-29(25)34)24(3)32(39)35-27-12-6-4-7-13-27/h5,8-11,14-19,24,27H,4,6-7,12-13,20-21H2,1-3H3,(H,35,39)/t24-/m1/s1. The van der Waals surface area contributed by atoms with E-state index in [4.69, 9.17) is 23.2 Å². The normalized spacial score (nSPS) is 14.7. The molecule has 0 bridgehead atoms. The van der Waals surface area contributed by atoms with Gasteiger partial charge in [-0.1, -0.05) is 78.9 Å². The van der Waals surface area contributed by atoms with Crippen molar-refractivity contribution in [3.05, 3.63) is 93.5 Å². The molecule has 0 unspecified atom stereocenters. The summed E-state index contributed by atoms with van der Waals surface area (Å²) in [6.07, 6.45) is 5.02. The zero-order valence-electron chi connectivity index (χ0n) is 24.1. The van der Waals surface area contributed by atoms with Gasteiger partial charge in [-0.2, -0.15) is 0 Å². The molecule has 1 atom stereocenters. The number of anilines is 1. The molecule has 224 valence electrons. The Morgan fingerprint density at radius 3 is 2.31 bits per heavy atom. The molecule has 0 saturated heterocycles. The lowest BCUT2D eigenvalue weighted by molar-refractivity contribution is -0.139. The topological polar surface area (TPSA) is 86.8 Å². The van der Waals surface area contributed by atoms with Crippen LogP contribution < -0.4 is 9.62 Å². The van der Waals surface area contributed by atoms with E-state index in [1.807, 2.05) is 19.9 Å². The number of carbonyl (C=O) groups excluding carboxylic acids is 2. The second-order valence-electron chi connectivity index (χ2n) is 10.8. The Balaban J connectivity index is 1.72. The summed E-state index contributed by atoms with van der Waals surface area (Å²) < 4.78 is 29.2. The van der Waals surface area contributed by atoms with Gasteiger partial charge in [0.15, 0.2) is 0 Å². The number of hydrogen-bond acceptors (Lipinski definition) is 4. The van der Waals surface area contributed by atoms with Crippen molar-refractivity contribution in [1.29, 1.82) is 0 Å². The van der Waals surface area contributed by atoms with Crippen LogP contribution >= 0.6 is 23.2 Å². The van der Waals surface area contributed by atoms with Gasteiger partial charge in [0.1, 0.15) is 12.6 Å². The van der Waals surface area contributed by atoms with Gasteiger partial charge in [0.2, 0.25) is 11.8 Å². The van der Waals surface area contributed by atoms with Gasteiger partial charge in [-0.25, -0.2) is 8.42 Å². The number of hydrogen-bond donors (Lipinski definition) is 1. The highest BCUT2D eigenvalue weighted by molar-refractivity contribution is 7.92. The predicted molar refractivity (Wildman–Crippen MR) is 168 cm³/mol. The first-order chi connectivity index (χ1) is 20.0. The smallest absolute Gasteiger partial charge is 0.264 e. The van der Waals surface area contributed by atoms with E-state index in [-0.39, 0.29) is 23.4 Å². The fourth-order valence-corrected chi connectivity index (χ4v) is 7.18. The van der Waals surface area contributed by atoms with E-state index in [1.165, 1.54) is 17.0 Å². The van der Waals surface area contributed by atoms with Gasteiger partial charge in [0, 0.05) is 22.6 Å². The fourth-order valence-electron chi connectivity index (χ4n) is 5.22. The lowest BCUT2D eigenvalue weighted by atomic mass is 9.95. The van der Waals surface area contributed by atoms with Crippen molar-refractivity contribution in [2.75, 3.05) is 10.8 Å². The van der Waals surface area contributed by atoms with Gasteiger partial charge in [-0.05, 0) is 80.6 Å². The van der Waals surface area contributed by atoms with Crippen molar-refractivity contribution in [3.63, 3.8) is 0 Å². The van der Waals surface area contributed by atoms with E-state index in [0.29, 0.717) is 21.3 Å². The Labute approximate surface area is 258 Å². The highest BCUT2D eigenvalue weighted by atomic mass is 35.5. The Bertz CT molecular complexity index is 1530. The number of nitrogens with zero attached hydrogens (tertiary/aromatic N) is 2. The number of rotatable bonds is 10. The second-order valence-corrected chi connectivity index (χ2v) is 13.5. The number of halogens is 2. The molecule has 1 N–H and O–H groups in total. The average molecular weight is 631 g/mol. The highest BCUT2D eigenvalue weighted by Gasteiger charge is 2.34. The lowest BCUT2D eigenvalue weighted by Crippen LogP contribution is -2.53. The third kappa shape index (κ3) is 7.46. The van der Waals surface area contributed by atoms with Crippen molar-refractivity contribution in [2.45, 2.75) is 76.4 Å². The van der Waals surface area contributed by atoms with Crippen molar-refractivity contribution in [2.24, 2.45) is 0 Å². The first kappa shape index (κ1) is 31.9. The molecule has 42 heavy (non-hydrogen) atoms. The zero-order chi connectivity index (χ0) is 30.4. The van der Waals surface area contributed by atoms with Crippen LogP contribution in [0.2, 0.25) is 10.0 Å². The van der Waals surface area contributed by atoms with Gasteiger partial charge in [-0.3, -0.25) is 13.9 Å². The molecule has 3 aromatic carbocycles. The molecular formula is C32H37Cl2N3O4S. The number of nitrogens with one attached hydrogen (secondary N) is 1. The molecule has 1 saturated carbocycles. The fraction of sp³-hybridized carbons (Fsp3) is 0.375. The van der Waals surface area contributed by atoms with E-state index in [0.717, 1.165) is 47.5 Å². The molecule has 1 fully saturated rings. The number of sulfonamides is 1. The van der Waals surface area contributed by atoms with Crippen molar-refractivity contribution in [3.8, 4) is 0 Å². The van der Waals surface area contributed by atoms with Crippen LogP contribution in [-0.4, -0.2) is 43.8 Å². The number of benzene rings is 3. The minimum absolute atomic E-state index is 0.000112. The number of aryl methyl sites for hydroxylation is 1. The van der Waals surface area contributed by atoms with Crippen LogP contribution in [0.15, 0.2) is 71.6 Å². The van der Waals surface area contributed by atoms with Crippen LogP contribution in [-0.2, 0) is 26.2 Å². The lowest BCUT2D eigenvalue weighted by Gasteiger charge is -2.34. The number of amides is 2. The van der Waals surface area contributed by atoms with Gasteiger partial charge in [0.05, 0.1) is 10.6 Å². The first-order valence-electron chi connectivity index (χ1n) is 14.2. The third-order valence-corrected chi connectivity index (χ3v) is 10.3. The summed E-state index contributed by atoms with van der Waals surface area (Å²) in [5.41, 5.74) is 2.62. The van der Waals surface area contributed by atoms with Crippen LogP contribution in [0.1, 0.15) is 55.7 Å². The molecule has 4 rings (SSSR count). The molecule has 0 aromatic heterocycles. The first-order valence-corrected chi connectivity index (χ1v) is 16.4. The van der Waals surface area contributed by atoms with Gasteiger partial charge in [-0.15, -0.1) is 0 Å². The van der Waals surface area contributed by atoms with Crippen LogP contribution in [0, 0.1) is 13.8 Å². The Morgan fingerprint density at radius 1 is 0.952 bits per heavy atom. The molecule has 10 heteroatoms. The molecule has 7 nitrogen and oxygen atoms in total. The summed E-state index contributed by atoms with van der Waals surface area (Å²) in [5, 5.41) is 3.90.